The first-order chi connectivity index (χ1) is 10.1. The van der Waals surface area contributed by atoms with Gasteiger partial charge in [-0.15, -0.1) is 0 Å². The number of phenols is 1. The zero-order chi connectivity index (χ0) is 14.8. The monoisotopic (exact) mass is 413 g/mol. The lowest BCUT2D eigenvalue weighted by molar-refractivity contribution is 0.390. The summed E-state index contributed by atoms with van der Waals surface area (Å²) < 4.78 is 3.63. The summed E-state index contributed by atoms with van der Waals surface area (Å²) in [5.74, 6) is 0.246. The molecule has 1 aliphatic rings. The van der Waals surface area contributed by atoms with Crippen molar-refractivity contribution in [3.63, 3.8) is 0 Å². The molecular formula is C15H17Br2N3O. The Labute approximate surface area is 140 Å². The van der Waals surface area contributed by atoms with Crippen LogP contribution in [-0.2, 0) is 6.54 Å². The van der Waals surface area contributed by atoms with Gasteiger partial charge >= 0.3 is 0 Å². The number of nitrogens with one attached hydrogen (secondary N) is 1. The van der Waals surface area contributed by atoms with Crippen molar-refractivity contribution in [2.24, 2.45) is 0 Å². The molecule has 4 nitrogen and oxygen atoms in total. The van der Waals surface area contributed by atoms with Crippen LogP contribution in [0.15, 0.2) is 39.8 Å². The Bertz CT molecular complexity index is 592. The lowest BCUT2D eigenvalue weighted by Crippen LogP contribution is -2.33. The lowest BCUT2D eigenvalue weighted by Gasteiger charge is -2.22. The second kappa shape index (κ2) is 6.50. The van der Waals surface area contributed by atoms with E-state index in [1.165, 1.54) is 19.3 Å². The number of imidazole rings is 1. The van der Waals surface area contributed by atoms with Crippen molar-refractivity contribution in [3.05, 3.63) is 45.4 Å². The average Bonchev–Trinajstić information content (AvgIpc) is 3.12. The molecule has 112 valence electrons. The van der Waals surface area contributed by atoms with Crippen molar-refractivity contribution in [2.75, 3.05) is 0 Å². The fourth-order valence-corrected chi connectivity index (χ4v) is 4.25. The van der Waals surface area contributed by atoms with E-state index in [4.69, 9.17) is 0 Å². The standard InChI is InChI=1S/C15H17Br2N3O/c16-11-6-10(7-12(17)15(11)21)8-19-13-2-1-3-14(13)20-5-4-18-9-20/h4-7,9,13-14,19,21H,1-3,8H2. The van der Waals surface area contributed by atoms with Gasteiger partial charge in [-0.05, 0) is 68.8 Å². The maximum absolute atomic E-state index is 9.75. The van der Waals surface area contributed by atoms with Gasteiger partial charge < -0.3 is 15.0 Å². The van der Waals surface area contributed by atoms with Gasteiger partial charge in [-0.25, -0.2) is 4.98 Å². The van der Waals surface area contributed by atoms with Crippen LogP contribution in [0.25, 0.3) is 0 Å². The first-order valence-electron chi connectivity index (χ1n) is 7.03. The largest absolute Gasteiger partial charge is 0.506 e. The Kier molecular flexibility index (Phi) is 4.66. The Hall–Kier alpha value is -0.850. The number of halogens is 2. The number of benzene rings is 1. The molecule has 2 N–H and O–H groups in total. The van der Waals surface area contributed by atoms with Crippen LogP contribution in [0, 0.1) is 0 Å². The maximum atomic E-state index is 9.75. The number of nitrogens with zero attached hydrogens (tertiary/aromatic N) is 2. The van der Waals surface area contributed by atoms with Crippen LogP contribution < -0.4 is 5.32 Å². The summed E-state index contributed by atoms with van der Waals surface area (Å²) in [5, 5.41) is 13.4. The molecule has 0 saturated heterocycles. The van der Waals surface area contributed by atoms with Crippen LogP contribution in [0.2, 0.25) is 0 Å². The van der Waals surface area contributed by atoms with E-state index in [2.05, 4.69) is 46.7 Å². The highest BCUT2D eigenvalue weighted by atomic mass is 79.9. The predicted octanol–water partition coefficient (Wildman–Crippen LogP) is 4.00. The highest BCUT2D eigenvalue weighted by molar-refractivity contribution is 9.11. The molecule has 1 heterocycles. The number of hydrogen-bond acceptors (Lipinski definition) is 3. The van der Waals surface area contributed by atoms with E-state index in [0.717, 1.165) is 12.1 Å². The summed E-state index contributed by atoms with van der Waals surface area (Å²) in [6.45, 7) is 0.785. The second-order valence-corrected chi connectivity index (χ2v) is 7.11. The summed E-state index contributed by atoms with van der Waals surface area (Å²) in [6, 6.07) is 4.85. The van der Waals surface area contributed by atoms with Gasteiger partial charge in [0.1, 0.15) is 5.75 Å². The van der Waals surface area contributed by atoms with Gasteiger partial charge in [0.15, 0.2) is 0 Å². The van der Waals surface area contributed by atoms with Gasteiger partial charge in [-0.2, -0.15) is 0 Å². The number of hydrogen-bond donors (Lipinski definition) is 2. The minimum Gasteiger partial charge on any atom is -0.506 e. The van der Waals surface area contributed by atoms with E-state index in [1.807, 2.05) is 30.9 Å². The van der Waals surface area contributed by atoms with Crippen molar-refractivity contribution in [2.45, 2.75) is 37.9 Å². The first-order valence-corrected chi connectivity index (χ1v) is 8.61. The fourth-order valence-electron chi connectivity index (χ4n) is 2.97. The minimum atomic E-state index is 0.246. The van der Waals surface area contributed by atoms with Crippen LogP contribution in [0.1, 0.15) is 30.9 Å². The van der Waals surface area contributed by atoms with Crippen LogP contribution in [-0.4, -0.2) is 20.7 Å². The van der Waals surface area contributed by atoms with Gasteiger partial charge in [-0.3, -0.25) is 0 Å². The molecule has 2 atom stereocenters. The Morgan fingerprint density at radius 3 is 2.71 bits per heavy atom. The molecular weight excluding hydrogens is 398 g/mol. The first kappa shape index (κ1) is 15.1. The molecule has 2 unspecified atom stereocenters. The molecule has 0 radical (unpaired) electrons. The Morgan fingerprint density at radius 1 is 1.29 bits per heavy atom. The van der Waals surface area contributed by atoms with Gasteiger partial charge in [0.05, 0.1) is 15.3 Å². The van der Waals surface area contributed by atoms with E-state index >= 15 is 0 Å². The maximum Gasteiger partial charge on any atom is 0.143 e. The smallest absolute Gasteiger partial charge is 0.143 e. The van der Waals surface area contributed by atoms with E-state index in [1.54, 1.807) is 0 Å². The van der Waals surface area contributed by atoms with E-state index in [0.29, 0.717) is 21.0 Å². The molecule has 21 heavy (non-hydrogen) atoms. The third-order valence-electron chi connectivity index (χ3n) is 4.03. The molecule has 1 fully saturated rings. The molecule has 3 rings (SSSR count). The number of rotatable bonds is 4. The molecule has 0 amide bonds. The molecule has 2 aromatic rings. The molecule has 1 aromatic carbocycles. The van der Waals surface area contributed by atoms with Crippen LogP contribution in [0.3, 0.4) is 0 Å². The average molecular weight is 415 g/mol. The molecule has 1 aromatic heterocycles. The van der Waals surface area contributed by atoms with Crippen molar-refractivity contribution >= 4 is 31.9 Å². The van der Waals surface area contributed by atoms with Gasteiger partial charge in [0.2, 0.25) is 0 Å². The summed E-state index contributed by atoms with van der Waals surface area (Å²) in [6.07, 6.45) is 9.39. The molecule has 6 heteroatoms. The number of phenolic OH excluding ortho intramolecular Hbond substituents is 1. The highest BCUT2D eigenvalue weighted by Crippen LogP contribution is 2.34. The van der Waals surface area contributed by atoms with Crippen LogP contribution in [0.5, 0.6) is 5.75 Å². The van der Waals surface area contributed by atoms with Crippen molar-refractivity contribution in [3.8, 4) is 5.75 Å². The molecule has 1 aliphatic carbocycles. The zero-order valence-electron chi connectivity index (χ0n) is 11.5. The fraction of sp³-hybridized carbons (Fsp3) is 0.400. The normalized spacial score (nSPS) is 21.8. The van der Waals surface area contributed by atoms with Crippen molar-refractivity contribution in [1.82, 2.24) is 14.9 Å². The van der Waals surface area contributed by atoms with Gasteiger partial charge in [0.25, 0.3) is 0 Å². The highest BCUT2D eigenvalue weighted by Gasteiger charge is 2.27. The van der Waals surface area contributed by atoms with Gasteiger partial charge in [-0.1, -0.05) is 0 Å². The number of aromatic nitrogens is 2. The lowest BCUT2D eigenvalue weighted by atomic mass is 10.1. The second-order valence-electron chi connectivity index (χ2n) is 5.40. The van der Waals surface area contributed by atoms with Crippen LogP contribution >= 0.6 is 31.9 Å². The molecule has 1 saturated carbocycles. The summed E-state index contributed by atoms with van der Waals surface area (Å²) in [4.78, 5) is 4.15. The Balaban J connectivity index is 1.67. The quantitative estimate of drug-likeness (QED) is 0.794. The summed E-state index contributed by atoms with van der Waals surface area (Å²) in [7, 11) is 0. The van der Waals surface area contributed by atoms with E-state index in [9.17, 15) is 5.11 Å². The number of aromatic hydroxyl groups is 1. The van der Waals surface area contributed by atoms with E-state index in [-0.39, 0.29) is 5.75 Å². The SMILES string of the molecule is Oc1c(Br)cc(CNC2CCCC2n2ccnc2)cc1Br. The zero-order valence-corrected chi connectivity index (χ0v) is 14.6. The topological polar surface area (TPSA) is 50.1 Å². The molecule has 0 aliphatic heterocycles. The third kappa shape index (κ3) is 3.33. The molecule has 0 spiro atoms. The van der Waals surface area contributed by atoms with Gasteiger partial charge in [0, 0.05) is 31.0 Å². The van der Waals surface area contributed by atoms with Crippen LogP contribution in [0.4, 0.5) is 0 Å². The van der Waals surface area contributed by atoms with E-state index < -0.39 is 0 Å². The van der Waals surface area contributed by atoms with Crippen molar-refractivity contribution < 1.29 is 5.11 Å². The summed E-state index contributed by atoms with van der Waals surface area (Å²) >= 11 is 6.75. The molecule has 0 bridgehead atoms. The summed E-state index contributed by atoms with van der Waals surface area (Å²) in [5.41, 5.74) is 1.14. The third-order valence-corrected chi connectivity index (χ3v) is 5.24. The van der Waals surface area contributed by atoms with Crippen molar-refractivity contribution in [1.29, 1.82) is 0 Å². The Morgan fingerprint density at radius 2 is 2.05 bits per heavy atom. The minimum absolute atomic E-state index is 0.246. The predicted molar refractivity (Wildman–Crippen MR) is 89.2 cm³/mol.